The second kappa shape index (κ2) is 11.8. The molecular weight excluding hydrogens is 591 g/mol. The third kappa shape index (κ3) is 5.61. The lowest BCUT2D eigenvalue weighted by atomic mass is 10.0. The second-order valence-corrected chi connectivity index (χ2v) is 13.9. The van der Waals surface area contributed by atoms with Crippen LogP contribution in [0, 0.1) is 17.0 Å². The highest BCUT2D eigenvalue weighted by atomic mass is 32.2. The number of thioether (sulfide) groups is 2. The molecule has 1 aromatic heterocycles. The number of hydrogen-bond acceptors (Lipinski definition) is 6. The van der Waals surface area contributed by atoms with Crippen LogP contribution in [0.3, 0.4) is 0 Å². The molecule has 3 heterocycles. The van der Waals surface area contributed by atoms with E-state index in [4.69, 9.17) is 5.10 Å². The van der Waals surface area contributed by atoms with Gasteiger partial charge in [-0.05, 0) is 65.1 Å². The molecule has 0 fully saturated rings. The van der Waals surface area contributed by atoms with E-state index in [9.17, 15) is 10.1 Å². The van der Waals surface area contributed by atoms with Gasteiger partial charge in [0.25, 0.3) is 5.69 Å². The van der Waals surface area contributed by atoms with Crippen molar-refractivity contribution in [1.29, 1.82) is 0 Å². The number of aryl methyl sites for hydroxylation is 1. The van der Waals surface area contributed by atoms with Gasteiger partial charge in [-0.15, -0.1) is 11.3 Å². The summed E-state index contributed by atoms with van der Waals surface area (Å²) in [5.74, 6) is 0. The van der Waals surface area contributed by atoms with Gasteiger partial charge in [0.05, 0.1) is 20.5 Å². The molecule has 0 radical (unpaired) electrons. The van der Waals surface area contributed by atoms with Gasteiger partial charge in [-0.1, -0.05) is 88.9 Å². The molecule has 0 spiro atoms. The summed E-state index contributed by atoms with van der Waals surface area (Å²) in [6.07, 6.45) is 9.36. The topological polar surface area (TPSA) is 58.5 Å². The monoisotopic (exact) mass is 616 g/mol. The fourth-order valence-corrected chi connectivity index (χ4v) is 8.88. The number of hydrazone groups is 1. The van der Waals surface area contributed by atoms with Crippen molar-refractivity contribution < 1.29 is 9.61 Å². The highest BCUT2D eigenvalue weighted by Gasteiger charge is 2.37. The first kappa shape index (κ1) is 27.6. The van der Waals surface area contributed by atoms with Crippen molar-refractivity contribution in [2.24, 2.45) is 5.10 Å². The Labute approximate surface area is 262 Å². The third-order valence-corrected chi connectivity index (χ3v) is 11.3. The zero-order chi connectivity index (χ0) is 29.3. The fraction of sp³-hybridized carbons (Fsp3) is 0.0857. The van der Waals surface area contributed by atoms with E-state index in [2.05, 4.69) is 109 Å². The molecular formula is C35H26N3O2S3+. The van der Waals surface area contributed by atoms with E-state index in [1.165, 1.54) is 35.6 Å². The molecule has 0 N–H and O–H groups in total. The van der Waals surface area contributed by atoms with Crippen molar-refractivity contribution in [3.63, 3.8) is 0 Å². The largest absolute Gasteiger partial charge is 0.269 e. The molecule has 3 aliphatic rings. The van der Waals surface area contributed by atoms with E-state index >= 15 is 0 Å². The molecule has 7 rings (SSSR count). The van der Waals surface area contributed by atoms with Crippen LogP contribution >= 0.6 is 34.9 Å². The molecule has 0 unspecified atom stereocenters. The Kier molecular flexibility index (Phi) is 7.57. The van der Waals surface area contributed by atoms with Gasteiger partial charge in [0.2, 0.25) is 11.8 Å². The normalized spacial score (nSPS) is 18.2. The van der Waals surface area contributed by atoms with Gasteiger partial charge in [0.15, 0.2) is 0 Å². The van der Waals surface area contributed by atoms with Crippen LogP contribution in [0.25, 0.3) is 9.81 Å². The number of benzene rings is 3. The minimum Gasteiger partial charge on any atom is -0.258 e. The fourth-order valence-electron chi connectivity index (χ4n) is 5.29. The maximum absolute atomic E-state index is 11.3. The Morgan fingerprint density at radius 3 is 1.93 bits per heavy atom. The van der Waals surface area contributed by atoms with Crippen LogP contribution in [0.4, 0.5) is 5.69 Å². The van der Waals surface area contributed by atoms with Gasteiger partial charge in [0, 0.05) is 44.5 Å². The van der Waals surface area contributed by atoms with Crippen LogP contribution in [0.1, 0.15) is 38.9 Å². The maximum atomic E-state index is 11.3. The van der Waals surface area contributed by atoms with E-state index in [1.807, 2.05) is 35.7 Å². The summed E-state index contributed by atoms with van der Waals surface area (Å²) < 4.78 is 3.31. The molecule has 8 heteroatoms. The van der Waals surface area contributed by atoms with E-state index in [0.29, 0.717) is 0 Å². The summed E-state index contributed by atoms with van der Waals surface area (Å²) in [5, 5.41) is 16.4. The van der Waals surface area contributed by atoms with E-state index < -0.39 is 0 Å². The number of nitro groups is 1. The molecule has 210 valence electrons. The number of thiophene rings is 1. The van der Waals surface area contributed by atoms with Gasteiger partial charge in [0.1, 0.15) is 5.71 Å². The Bertz CT molecular complexity index is 1840. The molecule has 0 saturated carbocycles. The molecule has 43 heavy (non-hydrogen) atoms. The number of non-ortho nitro benzene ring substituents is 1. The highest BCUT2D eigenvalue weighted by molar-refractivity contribution is 8.34. The van der Waals surface area contributed by atoms with Gasteiger partial charge in [-0.2, -0.15) is 0 Å². The molecule has 5 nitrogen and oxygen atoms in total. The average molecular weight is 617 g/mol. The van der Waals surface area contributed by atoms with Crippen molar-refractivity contribution in [1.82, 2.24) is 0 Å². The lowest BCUT2D eigenvalue weighted by Gasteiger charge is -2.09. The summed E-state index contributed by atoms with van der Waals surface area (Å²) in [6, 6.07) is 32.2. The zero-order valence-electron chi connectivity index (χ0n) is 23.2. The van der Waals surface area contributed by atoms with Crippen molar-refractivity contribution >= 4 is 61.8 Å². The van der Waals surface area contributed by atoms with Crippen LogP contribution in [0.5, 0.6) is 0 Å². The second-order valence-electron chi connectivity index (χ2n) is 10.3. The average Bonchev–Trinajstić information content (AvgIpc) is 3.81. The molecule has 2 aliphatic heterocycles. The van der Waals surface area contributed by atoms with Crippen LogP contribution in [-0.4, -0.2) is 21.0 Å². The minimum atomic E-state index is -0.358. The first-order valence-electron chi connectivity index (χ1n) is 13.9. The van der Waals surface area contributed by atoms with Crippen LogP contribution in [0.2, 0.25) is 0 Å². The molecule has 0 saturated heterocycles. The summed E-state index contributed by atoms with van der Waals surface area (Å²) in [6.45, 7) is 2.10. The molecule has 4 aromatic rings. The Morgan fingerprint density at radius 1 is 0.791 bits per heavy atom. The summed E-state index contributed by atoms with van der Waals surface area (Å²) in [7, 11) is 0. The van der Waals surface area contributed by atoms with Gasteiger partial charge in [-0.3, -0.25) is 10.1 Å². The smallest absolute Gasteiger partial charge is 0.258 e. The predicted molar refractivity (Wildman–Crippen MR) is 182 cm³/mol. The number of hydrogen-bond donors (Lipinski definition) is 0. The predicted octanol–water partition coefficient (Wildman–Crippen LogP) is 9.61. The molecule has 1 atom stereocenters. The first-order valence-corrected chi connectivity index (χ1v) is 16.3. The summed E-state index contributed by atoms with van der Waals surface area (Å²) >= 11 is 5.39. The van der Waals surface area contributed by atoms with Crippen molar-refractivity contribution in [3.05, 3.63) is 168 Å². The zero-order valence-corrected chi connectivity index (χ0v) is 25.7. The van der Waals surface area contributed by atoms with Crippen molar-refractivity contribution in [2.45, 2.75) is 19.4 Å². The van der Waals surface area contributed by atoms with Crippen LogP contribution in [0.15, 0.2) is 136 Å². The molecule has 0 bridgehead atoms. The highest BCUT2D eigenvalue weighted by Crippen LogP contribution is 2.58. The first-order chi connectivity index (χ1) is 21.0. The van der Waals surface area contributed by atoms with Gasteiger partial charge >= 0.3 is 0 Å². The van der Waals surface area contributed by atoms with Gasteiger partial charge in [-0.25, -0.2) is 0 Å². The SMILES string of the molecule is Cc1ccc(C2=N[N+](=C3C=CC(=C4SC(c5ccccc5)=C(c5ccccc5)S4)C=C3)[C@@H](c3ccc([N+](=O)[O-])cc3)C2)s1. The van der Waals surface area contributed by atoms with E-state index in [-0.39, 0.29) is 16.7 Å². The quantitative estimate of drug-likeness (QED) is 0.127. The lowest BCUT2D eigenvalue weighted by Crippen LogP contribution is -2.17. The Balaban J connectivity index is 1.24. The third-order valence-electron chi connectivity index (χ3n) is 7.46. The number of nitro benzene ring substituents is 1. The van der Waals surface area contributed by atoms with Crippen molar-refractivity contribution in [3.8, 4) is 0 Å². The Hall–Kier alpha value is -4.24. The van der Waals surface area contributed by atoms with Gasteiger partial charge < -0.3 is 0 Å². The van der Waals surface area contributed by atoms with Crippen molar-refractivity contribution in [2.75, 3.05) is 0 Å². The number of allylic oxidation sites excluding steroid dienone is 5. The standard InChI is InChI=1S/C35H26N3O2S3/c1-23-12-21-32(41-23)30-22-31(24-13-19-29(20-14-24)38(39)40)37(36-30)28-17-15-27(16-18-28)35-42-33(25-8-4-2-5-9-25)34(43-35)26-10-6-3-7-11-26/h2-21,31H,22H2,1H3/q+1/t31-/m1/s1. The Morgan fingerprint density at radius 2 is 1.40 bits per heavy atom. The molecule has 1 aliphatic carbocycles. The van der Waals surface area contributed by atoms with E-state index in [0.717, 1.165) is 28.3 Å². The molecule has 3 aromatic carbocycles. The minimum absolute atomic E-state index is 0.0528. The van der Waals surface area contributed by atoms with Crippen LogP contribution in [-0.2, 0) is 0 Å². The number of rotatable bonds is 5. The lowest BCUT2D eigenvalue weighted by molar-refractivity contribution is -0.566. The maximum Gasteiger partial charge on any atom is 0.269 e. The summed E-state index contributed by atoms with van der Waals surface area (Å²) in [4.78, 5) is 15.9. The van der Waals surface area contributed by atoms with Crippen LogP contribution < -0.4 is 0 Å². The summed E-state index contributed by atoms with van der Waals surface area (Å²) in [5.41, 5.74) is 6.73. The van der Waals surface area contributed by atoms with E-state index in [1.54, 1.807) is 23.5 Å². The number of nitrogens with zero attached hydrogens (tertiary/aromatic N) is 3. The molecule has 0 amide bonds.